The van der Waals surface area contributed by atoms with E-state index in [0.29, 0.717) is 12.8 Å². The molecule has 5 nitrogen and oxygen atoms in total. The van der Waals surface area contributed by atoms with Crippen LogP contribution in [0.3, 0.4) is 0 Å². The zero-order valence-electron chi connectivity index (χ0n) is 29.1. The minimum atomic E-state index is -1.13. The highest BCUT2D eigenvalue weighted by atomic mass is 16.3. The molecule has 0 bridgehead atoms. The van der Waals surface area contributed by atoms with Gasteiger partial charge in [-0.3, -0.25) is 4.79 Å². The number of hydrogen-bond acceptors (Lipinski definition) is 4. The maximum atomic E-state index is 12.3. The topological polar surface area (TPSA) is 89.8 Å². The van der Waals surface area contributed by atoms with E-state index in [-0.39, 0.29) is 12.5 Å². The Labute approximate surface area is 268 Å². The first-order valence-electron chi connectivity index (χ1n) is 19.3. The van der Waals surface area contributed by atoms with Gasteiger partial charge in [-0.25, -0.2) is 0 Å². The van der Waals surface area contributed by atoms with Gasteiger partial charge in [0.05, 0.1) is 18.8 Å². The summed E-state index contributed by atoms with van der Waals surface area (Å²) in [4.78, 5) is 12.3. The Balaban J connectivity index is 3.57. The first-order valence-corrected chi connectivity index (χ1v) is 19.3. The summed E-state index contributed by atoms with van der Waals surface area (Å²) >= 11 is 0. The molecule has 0 aromatic heterocycles. The van der Waals surface area contributed by atoms with E-state index >= 15 is 0 Å². The number of aliphatic hydroxyl groups is 3. The zero-order valence-corrected chi connectivity index (χ0v) is 29.1. The largest absolute Gasteiger partial charge is 0.394 e. The minimum absolute atomic E-state index is 0.143. The molecule has 0 aromatic carbocycles. The van der Waals surface area contributed by atoms with E-state index in [1.165, 1.54) is 148 Å². The number of unbranched alkanes of at least 4 members (excludes halogenated alkanes) is 27. The average Bonchev–Trinajstić information content (AvgIpc) is 3.01. The van der Waals surface area contributed by atoms with Crippen LogP contribution in [0.4, 0.5) is 0 Å². The molecule has 0 spiro atoms. The third-order valence-corrected chi connectivity index (χ3v) is 9.21. The molecule has 43 heavy (non-hydrogen) atoms. The van der Waals surface area contributed by atoms with Gasteiger partial charge in [0.1, 0.15) is 6.10 Å². The third kappa shape index (κ3) is 29.8. The SMILES string of the molecule is CCCCCCCCCCCCCCCCCCCCCCC(=O)NC(CO)C(O)C(O)CCCCCCCCCCC. The first-order chi connectivity index (χ1) is 21.1. The Morgan fingerprint density at radius 1 is 0.488 bits per heavy atom. The molecular weight excluding hydrogens is 534 g/mol. The van der Waals surface area contributed by atoms with Gasteiger partial charge in [0.25, 0.3) is 0 Å². The van der Waals surface area contributed by atoms with Crippen LogP contribution >= 0.6 is 0 Å². The average molecular weight is 612 g/mol. The molecule has 4 N–H and O–H groups in total. The Hall–Kier alpha value is -0.650. The lowest BCUT2D eigenvalue weighted by molar-refractivity contribution is -0.124. The summed E-state index contributed by atoms with van der Waals surface area (Å²) in [5.74, 6) is -0.143. The van der Waals surface area contributed by atoms with Crippen LogP contribution in [0.2, 0.25) is 0 Å². The van der Waals surface area contributed by atoms with E-state index in [2.05, 4.69) is 19.2 Å². The number of carbonyl (C=O) groups is 1. The number of rotatable bonds is 35. The van der Waals surface area contributed by atoms with Crippen LogP contribution in [0.25, 0.3) is 0 Å². The Kier molecular flexibility index (Phi) is 33.7. The summed E-state index contributed by atoms with van der Waals surface area (Å²) in [7, 11) is 0. The van der Waals surface area contributed by atoms with Gasteiger partial charge in [0.15, 0.2) is 0 Å². The van der Waals surface area contributed by atoms with Crippen molar-refractivity contribution in [1.82, 2.24) is 5.32 Å². The molecule has 0 radical (unpaired) electrons. The highest BCUT2D eigenvalue weighted by Crippen LogP contribution is 2.16. The van der Waals surface area contributed by atoms with E-state index in [1.807, 2.05) is 0 Å². The molecule has 0 aliphatic rings. The molecule has 258 valence electrons. The molecule has 3 atom stereocenters. The Morgan fingerprint density at radius 3 is 1.12 bits per heavy atom. The van der Waals surface area contributed by atoms with E-state index in [1.54, 1.807) is 0 Å². The lowest BCUT2D eigenvalue weighted by Crippen LogP contribution is -2.50. The van der Waals surface area contributed by atoms with Crippen LogP contribution in [0.15, 0.2) is 0 Å². The van der Waals surface area contributed by atoms with Crippen molar-refractivity contribution in [1.29, 1.82) is 0 Å². The van der Waals surface area contributed by atoms with Crippen molar-refractivity contribution in [3.05, 3.63) is 0 Å². The molecule has 0 aliphatic carbocycles. The number of amides is 1. The van der Waals surface area contributed by atoms with E-state index < -0.39 is 18.2 Å². The van der Waals surface area contributed by atoms with E-state index in [0.717, 1.165) is 38.5 Å². The summed E-state index contributed by atoms with van der Waals surface area (Å²) in [6.07, 6.45) is 36.4. The monoisotopic (exact) mass is 612 g/mol. The normalized spacial score (nSPS) is 13.7. The molecule has 0 heterocycles. The molecule has 0 saturated carbocycles. The molecule has 0 aromatic rings. The highest BCUT2D eigenvalue weighted by Gasteiger charge is 2.26. The molecule has 5 heteroatoms. The van der Waals surface area contributed by atoms with Crippen molar-refractivity contribution in [2.75, 3.05) is 6.61 Å². The fourth-order valence-corrected chi connectivity index (χ4v) is 6.16. The number of carbonyl (C=O) groups excluding carboxylic acids is 1. The second kappa shape index (κ2) is 34.2. The molecule has 0 fully saturated rings. The molecule has 0 saturated heterocycles. The van der Waals surface area contributed by atoms with E-state index in [9.17, 15) is 20.1 Å². The van der Waals surface area contributed by atoms with Crippen LogP contribution < -0.4 is 5.32 Å². The zero-order chi connectivity index (χ0) is 31.6. The Morgan fingerprint density at radius 2 is 0.791 bits per heavy atom. The van der Waals surface area contributed by atoms with Crippen molar-refractivity contribution >= 4 is 5.91 Å². The van der Waals surface area contributed by atoms with Crippen molar-refractivity contribution in [3.63, 3.8) is 0 Å². The second-order valence-electron chi connectivity index (χ2n) is 13.5. The molecule has 0 rings (SSSR count). The Bertz CT molecular complexity index is 558. The predicted molar refractivity (Wildman–Crippen MR) is 186 cm³/mol. The molecular formula is C38H77NO4. The van der Waals surface area contributed by atoms with Crippen LogP contribution in [0.5, 0.6) is 0 Å². The van der Waals surface area contributed by atoms with Crippen molar-refractivity contribution in [3.8, 4) is 0 Å². The van der Waals surface area contributed by atoms with Crippen molar-refractivity contribution in [2.45, 2.75) is 231 Å². The number of aliphatic hydroxyl groups excluding tert-OH is 3. The van der Waals surface area contributed by atoms with Crippen LogP contribution in [-0.2, 0) is 4.79 Å². The predicted octanol–water partition coefficient (Wildman–Crippen LogP) is 10.3. The fourth-order valence-electron chi connectivity index (χ4n) is 6.16. The quantitative estimate of drug-likeness (QED) is 0.0537. The summed E-state index contributed by atoms with van der Waals surface area (Å²) in [5, 5.41) is 33.3. The van der Waals surface area contributed by atoms with Gasteiger partial charge in [0.2, 0.25) is 5.91 Å². The van der Waals surface area contributed by atoms with Gasteiger partial charge in [-0.1, -0.05) is 194 Å². The standard InChI is InChI=1S/C38H77NO4/c1-3-5-7-9-11-13-14-15-16-17-18-19-20-21-22-23-25-27-29-31-33-37(42)39-35(34-40)38(43)36(41)32-30-28-26-24-12-10-8-6-4-2/h35-36,38,40-41,43H,3-34H2,1-2H3,(H,39,42). The highest BCUT2D eigenvalue weighted by molar-refractivity contribution is 5.76. The molecule has 1 amide bonds. The molecule has 3 unspecified atom stereocenters. The van der Waals surface area contributed by atoms with Crippen molar-refractivity contribution < 1.29 is 20.1 Å². The number of nitrogens with one attached hydrogen (secondary N) is 1. The third-order valence-electron chi connectivity index (χ3n) is 9.21. The van der Waals surface area contributed by atoms with Gasteiger partial charge in [-0.15, -0.1) is 0 Å². The van der Waals surface area contributed by atoms with Crippen LogP contribution in [-0.4, -0.2) is 46.1 Å². The summed E-state index contributed by atoms with van der Waals surface area (Å²) in [6, 6.07) is -0.800. The minimum Gasteiger partial charge on any atom is -0.394 e. The maximum absolute atomic E-state index is 12.3. The maximum Gasteiger partial charge on any atom is 0.220 e. The number of hydrogen-bond donors (Lipinski definition) is 4. The van der Waals surface area contributed by atoms with Crippen molar-refractivity contribution in [2.24, 2.45) is 0 Å². The van der Waals surface area contributed by atoms with Gasteiger partial charge in [-0.05, 0) is 12.8 Å². The summed E-state index contributed by atoms with van der Waals surface area (Å²) in [6.45, 7) is 4.16. The van der Waals surface area contributed by atoms with Gasteiger partial charge in [-0.2, -0.15) is 0 Å². The van der Waals surface area contributed by atoms with Gasteiger partial charge < -0.3 is 20.6 Å². The summed E-state index contributed by atoms with van der Waals surface area (Å²) < 4.78 is 0. The first kappa shape index (κ1) is 42.3. The second-order valence-corrected chi connectivity index (χ2v) is 13.5. The van der Waals surface area contributed by atoms with Gasteiger partial charge >= 0.3 is 0 Å². The van der Waals surface area contributed by atoms with Crippen LogP contribution in [0.1, 0.15) is 213 Å². The smallest absolute Gasteiger partial charge is 0.220 e. The molecule has 0 aliphatic heterocycles. The fraction of sp³-hybridized carbons (Fsp3) is 0.974. The lowest BCUT2D eigenvalue weighted by atomic mass is 9.99. The summed E-state index contributed by atoms with van der Waals surface area (Å²) in [5.41, 5.74) is 0. The van der Waals surface area contributed by atoms with Crippen LogP contribution in [0, 0.1) is 0 Å². The van der Waals surface area contributed by atoms with E-state index in [4.69, 9.17) is 0 Å². The lowest BCUT2D eigenvalue weighted by Gasteiger charge is -2.26. The van der Waals surface area contributed by atoms with Gasteiger partial charge in [0, 0.05) is 6.42 Å².